The number of amides is 1. The van der Waals surface area contributed by atoms with Crippen LogP contribution in [-0.2, 0) is 4.79 Å². The van der Waals surface area contributed by atoms with Crippen molar-refractivity contribution in [1.82, 2.24) is 10.2 Å². The normalized spacial score (nSPS) is 22.5. The second-order valence-corrected chi connectivity index (χ2v) is 4.60. The van der Waals surface area contributed by atoms with Gasteiger partial charge in [-0.25, -0.2) is 0 Å². The standard InChI is InChI=1S/C11H23N3O/c1-9(2)14-7-5-10(8-14)13-6-3-4-11(12)15/h9-10,13H,3-8H2,1-2H3,(H2,12,15). The SMILES string of the molecule is CC(C)N1CCC(NCCCC(N)=O)C1. The number of primary amides is 1. The smallest absolute Gasteiger partial charge is 0.217 e. The zero-order valence-corrected chi connectivity index (χ0v) is 9.83. The highest BCUT2D eigenvalue weighted by molar-refractivity contribution is 5.73. The minimum absolute atomic E-state index is 0.202. The van der Waals surface area contributed by atoms with E-state index in [0.717, 1.165) is 19.5 Å². The summed E-state index contributed by atoms with van der Waals surface area (Å²) in [5, 5.41) is 3.47. The molecule has 0 radical (unpaired) electrons. The number of carbonyl (C=O) groups is 1. The van der Waals surface area contributed by atoms with Crippen LogP contribution in [0.1, 0.15) is 33.1 Å². The third kappa shape index (κ3) is 4.62. The molecule has 3 N–H and O–H groups in total. The predicted octanol–water partition coefficient (Wildman–Crippen LogP) is 0.324. The van der Waals surface area contributed by atoms with Crippen molar-refractivity contribution in [3.8, 4) is 0 Å². The molecule has 0 saturated carbocycles. The highest BCUT2D eigenvalue weighted by atomic mass is 16.1. The lowest BCUT2D eigenvalue weighted by Crippen LogP contribution is -2.35. The molecule has 1 aliphatic heterocycles. The molecule has 0 aromatic heterocycles. The van der Waals surface area contributed by atoms with E-state index in [1.807, 2.05) is 0 Å². The lowest BCUT2D eigenvalue weighted by molar-refractivity contribution is -0.118. The summed E-state index contributed by atoms with van der Waals surface area (Å²) in [5.41, 5.74) is 5.07. The summed E-state index contributed by atoms with van der Waals surface area (Å²) in [6.45, 7) is 7.68. The Morgan fingerprint density at radius 1 is 1.60 bits per heavy atom. The first-order valence-corrected chi connectivity index (χ1v) is 5.85. The summed E-state index contributed by atoms with van der Waals surface area (Å²) in [4.78, 5) is 13.0. The Kier molecular flexibility index (Phi) is 5.05. The second-order valence-electron chi connectivity index (χ2n) is 4.60. The van der Waals surface area contributed by atoms with E-state index in [1.54, 1.807) is 0 Å². The Bertz CT molecular complexity index is 206. The number of hydrogen-bond acceptors (Lipinski definition) is 3. The van der Waals surface area contributed by atoms with Gasteiger partial charge in [0.1, 0.15) is 0 Å². The molecular formula is C11H23N3O. The van der Waals surface area contributed by atoms with Crippen LogP contribution in [0, 0.1) is 0 Å². The van der Waals surface area contributed by atoms with Gasteiger partial charge in [-0.3, -0.25) is 9.69 Å². The lowest BCUT2D eigenvalue weighted by atomic mass is 10.2. The maximum absolute atomic E-state index is 10.5. The molecule has 88 valence electrons. The molecule has 15 heavy (non-hydrogen) atoms. The molecule has 4 nitrogen and oxygen atoms in total. The zero-order valence-electron chi connectivity index (χ0n) is 9.83. The quantitative estimate of drug-likeness (QED) is 0.625. The van der Waals surface area contributed by atoms with Crippen molar-refractivity contribution in [3.63, 3.8) is 0 Å². The molecule has 0 aromatic carbocycles. The maximum atomic E-state index is 10.5. The van der Waals surface area contributed by atoms with Crippen molar-refractivity contribution in [2.45, 2.75) is 45.2 Å². The van der Waals surface area contributed by atoms with Crippen LogP contribution in [0.15, 0.2) is 0 Å². The molecule has 4 heteroatoms. The van der Waals surface area contributed by atoms with Gasteiger partial charge in [-0.1, -0.05) is 0 Å². The topological polar surface area (TPSA) is 58.4 Å². The average Bonchev–Trinajstić information content (AvgIpc) is 2.60. The average molecular weight is 213 g/mol. The highest BCUT2D eigenvalue weighted by Crippen LogP contribution is 2.12. The monoisotopic (exact) mass is 213 g/mol. The van der Waals surface area contributed by atoms with Crippen molar-refractivity contribution in [2.24, 2.45) is 5.73 Å². The van der Waals surface area contributed by atoms with Crippen LogP contribution < -0.4 is 11.1 Å². The van der Waals surface area contributed by atoms with E-state index in [4.69, 9.17) is 5.73 Å². The summed E-state index contributed by atoms with van der Waals surface area (Å²) < 4.78 is 0. The van der Waals surface area contributed by atoms with Crippen molar-refractivity contribution in [3.05, 3.63) is 0 Å². The minimum atomic E-state index is -0.202. The van der Waals surface area contributed by atoms with Gasteiger partial charge < -0.3 is 11.1 Å². The summed E-state index contributed by atoms with van der Waals surface area (Å²) >= 11 is 0. The lowest BCUT2D eigenvalue weighted by Gasteiger charge is -2.20. The molecule has 1 saturated heterocycles. The van der Waals surface area contributed by atoms with Crippen molar-refractivity contribution < 1.29 is 4.79 Å². The summed E-state index contributed by atoms with van der Waals surface area (Å²) in [7, 11) is 0. The fourth-order valence-electron chi connectivity index (χ4n) is 1.99. The maximum Gasteiger partial charge on any atom is 0.217 e. The van der Waals surface area contributed by atoms with E-state index >= 15 is 0 Å². The highest BCUT2D eigenvalue weighted by Gasteiger charge is 2.23. The Hall–Kier alpha value is -0.610. The van der Waals surface area contributed by atoms with Gasteiger partial charge in [0.2, 0.25) is 5.91 Å². The fraction of sp³-hybridized carbons (Fsp3) is 0.909. The third-order valence-electron chi connectivity index (χ3n) is 2.98. The Morgan fingerprint density at radius 2 is 2.33 bits per heavy atom. The molecule has 1 atom stereocenters. The Morgan fingerprint density at radius 3 is 2.87 bits per heavy atom. The van der Waals surface area contributed by atoms with E-state index in [-0.39, 0.29) is 5.91 Å². The van der Waals surface area contributed by atoms with Crippen molar-refractivity contribution >= 4 is 5.91 Å². The zero-order chi connectivity index (χ0) is 11.3. The Balaban J connectivity index is 2.06. The molecule has 1 aliphatic rings. The molecule has 0 spiro atoms. The van der Waals surface area contributed by atoms with Crippen LogP contribution in [-0.4, -0.2) is 42.5 Å². The van der Waals surface area contributed by atoms with Gasteiger partial charge in [0.15, 0.2) is 0 Å². The van der Waals surface area contributed by atoms with Crippen molar-refractivity contribution in [2.75, 3.05) is 19.6 Å². The van der Waals surface area contributed by atoms with Crippen molar-refractivity contribution in [1.29, 1.82) is 0 Å². The third-order valence-corrected chi connectivity index (χ3v) is 2.98. The van der Waals surface area contributed by atoms with E-state index in [1.165, 1.54) is 13.0 Å². The van der Waals surface area contributed by atoms with Crippen LogP contribution >= 0.6 is 0 Å². The largest absolute Gasteiger partial charge is 0.370 e. The minimum Gasteiger partial charge on any atom is -0.370 e. The van der Waals surface area contributed by atoms with Crippen LogP contribution in [0.25, 0.3) is 0 Å². The van der Waals surface area contributed by atoms with E-state index in [2.05, 4.69) is 24.1 Å². The van der Waals surface area contributed by atoms with E-state index in [0.29, 0.717) is 18.5 Å². The molecule has 1 amide bonds. The number of likely N-dealkylation sites (tertiary alicyclic amines) is 1. The molecule has 0 aromatic rings. The number of nitrogens with zero attached hydrogens (tertiary/aromatic N) is 1. The van der Waals surface area contributed by atoms with Crippen LogP contribution in [0.2, 0.25) is 0 Å². The molecule has 1 unspecified atom stereocenters. The first-order chi connectivity index (χ1) is 7.09. The number of carbonyl (C=O) groups excluding carboxylic acids is 1. The number of nitrogens with one attached hydrogen (secondary N) is 1. The molecule has 1 fully saturated rings. The van der Waals surface area contributed by atoms with Gasteiger partial charge in [0, 0.05) is 25.0 Å². The molecular weight excluding hydrogens is 190 g/mol. The number of rotatable bonds is 6. The van der Waals surface area contributed by atoms with E-state index < -0.39 is 0 Å². The van der Waals surface area contributed by atoms with Gasteiger partial charge in [-0.15, -0.1) is 0 Å². The molecule has 0 bridgehead atoms. The van der Waals surface area contributed by atoms with Crippen LogP contribution in [0.5, 0.6) is 0 Å². The second kappa shape index (κ2) is 6.08. The first-order valence-electron chi connectivity index (χ1n) is 5.85. The summed E-state index contributed by atoms with van der Waals surface area (Å²) in [5.74, 6) is -0.202. The summed E-state index contributed by atoms with van der Waals surface area (Å²) in [6, 6.07) is 1.24. The van der Waals surface area contributed by atoms with Gasteiger partial charge in [-0.05, 0) is 39.8 Å². The van der Waals surface area contributed by atoms with Crippen LogP contribution in [0.4, 0.5) is 0 Å². The predicted molar refractivity (Wildman–Crippen MR) is 61.5 cm³/mol. The number of nitrogens with two attached hydrogens (primary N) is 1. The fourth-order valence-corrected chi connectivity index (χ4v) is 1.99. The van der Waals surface area contributed by atoms with E-state index in [9.17, 15) is 4.79 Å². The van der Waals surface area contributed by atoms with Crippen LogP contribution in [0.3, 0.4) is 0 Å². The number of hydrogen-bond donors (Lipinski definition) is 2. The van der Waals surface area contributed by atoms with Gasteiger partial charge in [-0.2, -0.15) is 0 Å². The molecule has 1 rings (SSSR count). The molecule has 0 aliphatic carbocycles. The Labute approximate surface area is 92.2 Å². The molecule has 1 heterocycles. The van der Waals surface area contributed by atoms with Gasteiger partial charge in [0.05, 0.1) is 0 Å². The van der Waals surface area contributed by atoms with Gasteiger partial charge in [0.25, 0.3) is 0 Å². The summed E-state index contributed by atoms with van der Waals surface area (Å²) in [6.07, 6.45) is 2.57. The van der Waals surface area contributed by atoms with Gasteiger partial charge >= 0.3 is 0 Å². The first kappa shape index (κ1) is 12.5.